The summed E-state index contributed by atoms with van der Waals surface area (Å²) in [4.78, 5) is 0. The SMILES string of the molecule is C[C@@H]1CCCCN1N1CCCC[C@@H]1C. The van der Waals surface area contributed by atoms with Crippen molar-refractivity contribution in [2.45, 2.75) is 64.5 Å². The van der Waals surface area contributed by atoms with Crippen LogP contribution in [0.15, 0.2) is 0 Å². The molecule has 2 atom stereocenters. The monoisotopic (exact) mass is 196 g/mol. The molecule has 0 saturated carbocycles. The van der Waals surface area contributed by atoms with E-state index in [0.717, 1.165) is 12.1 Å². The normalized spacial score (nSPS) is 37.3. The van der Waals surface area contributed by atoms with Gasteiger partial charge in [0.2, 0.25) is 0 Å². The van der Waals surface area contributed by atoms with Gasteiger partial charge in [0, 0.05) is 25.2 Å². The quantitative estimate of drug-likeness (QED) is 0.636. The Morgan fingerprint density at radius 1 is 0.714 bits per heavy atom. The fraction of sp³-hybridized carbons (Fsp3) is 1.00. The van der Waals surface area contributed by atoms with Crippen LogP contribution >= 0.6 is 0 Å². The van der Waals surface area contributed by atoms with Crippen LogP contribution in [0.25, 0.3) is 0 Å². The van der Waals surface area contributed by atoms with E-state index in [1.807, 2.05) is 0 Å². The van der Waals surface area contributed by atoms with Gasteiger partial charge in [-0.05, 0) is 39.5 Å². The Labute approximate surface area is 88.2 Å². The molecule has 0 bridgehead atoms. The summed E-state index contributed by atoms with van der Waals surface area (Å²) >= 11 is 0. The Morgan fingerprint density at radius 3 is 1.50 bits per heavy atom. The summed E-state index contributed by atoms with van der Waals surface area (Å²) in [6.07, 6.45) is 8.44. The topological polar surface area (TPSA) is 6.48 Å². The van der Waals surface area contributed by atoms with Crippen LogP contribution in [0.3, 0.4) is 0 Å². The van der Waals surface area contributed by atoms with Gasteiger partial charge in [-0.1, -0.05) is 12.8 Å². The molecular formula is C12H24N2. The molecule has 0 radical (unpaired) electrons. The standard InChI is InChI=1S/C12H24N2/c1-11-7-3-5-9-13(11)14-10-6-4-8-12(14)2/h11-12H,3-10H2,1-2H3/t11-,12+. The van der Waals surface area contributed by atoms with E-state index in [4.69, 9.17) is 0 Å². The molecule has 2 heterocycles. The van der Waals surface area contributed by atoms with Crippen molar-refractivity contribution in [2.24, 2.45) is 0 Å². The highest BCUT2D eigenvalue weighted by atomic mass is 15.6. The smallest absolute Gasteiger partial charge is 0.0217 e. The van der Waals surface area contributed by atoms with Gasteiger partial charge in [0.25, 0.3) is 0 Å². The zero-order valence-electron chi connectivity index (χ0n) is 9.71. The third-order valence-corrected chi connectivity index (χ3v) is 3.87. The molecule has 0 spiro atoms. The van der Waals surface area contributed by atoms with Gasteiger partial charge in [-0.15, -0.1) is 0 Å². The number of hydrogen-bond acceptors (Lipinski definition) is 2. The van der Waals surface area contributed by atoms with Crippen molar-refractivity contribution in [2.75, 3.05) is 13.1 Å². The van der Waals surface area contributed by atoms with Crippen molar-refractivity contribution in [1.82, 2.24) is 10.0 Å². The maximum Gasteiger partial charge on any atom is 0.0217 e. The molecule has 2 rings (SSSR count). The van der Waals surface area contributed by atoms with Gasteiger partial charge in [-0.3, -0.25) is 0 Å². The van der Waals surface area contributed by atoms with Crippen molar-refractivity contribution in [1.29, 1.82) is 0 Å². The minimum atomic E-state index is 0.782. The zero-order chi connectivity index (χ0) is 9.97. The molecule has 0 N–H and O–H groups in total. The summed E-state index contributed by atoms with van der Waals surface area (Å²) in [5.74, 6) is 0. The van der Waals surface area contributed by atoms with Gasteiger partial charge in [-0.2, -0.15) is 0 Å². The van der Waals surface area contributed by atoms with Crippen molar-refractivity contribution < 1.29 is 0 Å². The van der Waals surface area contributed by atoms with Crippen LogP contribution in [0.2, 0.25) is 0 Å². The minimum absolute atomic E-state index is 0.782. The fourth-order valence-electron chi connectivity index (χ4n) is 2.93. The molecule has 82 valence electrons. The Bertz CT molecular complexity index is 161. The lowest BCUT2D eigenvalue weighted by molar-refractivity contribution is -0.110. The molecule has 0 aromatic carbocycles. The van der Waals surface area contributed by atoms with E-state index in [1.165, 1.54) is 51.6 Å². The molecule has 0 aromatic rings. The van der Waals surface area contributed by atoms with Gasteiger partial charge >= 0.3 is 0 Å². The van der Waals surface area contributed by atoms with Crippen LogP contribution in [0.1, 0.15) is 52.4 Å². The molecule has 2 heteroatoms. The van der Waals surface area contributed by atoms with E-state index >= 15 is 0 Å². The van der Waals surface area contributed by atoms with Crippen LogP contribution in [-0.4, -0.2) is 35.2 Å². The molecule has 2 saturated heterocycles. The van der Waals surface area contributed by atoms with Crippen molar-refractivity contribution >= 4 is 0 Å². The molecule has 0 aromatic heterocycles. The van der Waals surface area contributed by atoms with Crippen LogP contribution in [0.4, 0.5) is 0 Å². The van der Waals surface area contributed by atoms with Gasteiger partial charge in [0.05, 0.1) is 0 Å². The molecule has 2 aliphatic rings. The number of hydrogen-bond donors (Lipinski definition) is 0. The van der Waals surface area contributed by atoms with E-state index in [2.05, 4.69) is 23.9 Å². The van der Waals surface area contributed by atoms with Gasteiger partial charge in [-0.25, -0.2) is 10.0 Å². The molecule has 14 heavy (non-hydrogen) atoms. The summed E-state index contributed by atoms with van der Waals surface area (Å²) in [6, 6.07) is 1.56. The van der Waals surface area contributed by atoms with Gasteiger partial charge < -0.3 is 0 Å². The number of hydrazine groups is 1. The lowest BCUT2D eigenvalue weighted by Crippen LogP contribution is -2.55. The van der Waals surface area contributed by atoms with E-state index in [9.17, 15) is 0 Å². The predicted molar refractivity (Wildman–Crippen MR) is 60.0 cm³/mol. The van der Waals surface area contributed by atoms with Crippen molar-refractivity contribution in [3.63, 3.8) is 0 Å². The zero-order valence-corrected chi connectivity index (χ0v) is 9.71. The third kappa shape index (κ3) is 2.12. The summed E-state index contributed by atoms with van der Waals surface area (Å²) in [6.45, 7) is 7.37. The van der Waals surface area contributed by atoms with Crippen LogP contribution in [-0.2, 0) is 0 Å². The summed E-state index contributed by atoms with van der Waals surface area (Å²) < 4.78 is 0. The first-order valence-corrected chi connectivity index (χ1v) is 6.32. The highest BCUT2D eigenvalue weighted by Gasteiger charge is 2.28. The molecule has 2 nitrogen and oxygen atoms in total. The molecule has 0 aliphatic carbocycles. The average Bonchev–Trinajstić information content (AvgIpc) is 2.20. The second-order valence-electron chi connectivity index (χ2n) is 5.02. The number of rotatable bonds is 1. The fourth-order valence-corrected chi connectivity index (χ4v) is 2.93. The number of nitrogens with zero attached hydrogens (tertiary/aromatic N) is 2. The molecular weight excluding hydrogens is 172 g/mol. The summed E-state index contributed by atoms with van der Waals surface area (Å²) in [7, 11) is 0. The molecule has 2 aliphatic heterocycles. The maximum atomic E-state index is 2.65. The second-order valence-corrected chi connectivity index (χ2v) is 5.02. The Balaban J connectivity index is 1.96. The Kier molecular flexibility index (Phi) is 3.45. The van der Waals surface area contributed by atoms with Crippen molar-refractivity contribution in [3.8, 4) is 0 Å². The van der Waals surface area contributed by atoms with Crippen molar-refractivity contribution in [3.05, 3.63) is 0 Å². The third-order valence-electron chi connectivity index (χ3n) is 3.87. The largest absolute Gasteiger partial charge is 0.239 e. The first-order valence-electron chi connectivity index (χ1n) is 6.32. The first kappa shape index (κ1) is 10.4. The molecule has 2 fully saturated rings. The number of piperidine rings is 2. The highest BCUT2D eigenvalue weighted by Crippen LogP contribution is 2.25. The average molecular weight is 196 g/mol. The van der Waals surface area contributed by atoms with Gasteiger partial charge in [0.15, 0.2) is 0 Å². The lowest BCUT2D eigenvalue weighted by Gasteiger charge is -2.46. The summed E-state index contributed by atoms with van der Waals surface area (Å²) in [5, 5.41) is 5.29. The Morgan fingerprint density at radius 2 is 1.14 bits per heavy atom. The molecule has 0 unspecified atom stereocenters. The van der Waals surface area contributed by atoms with Crippen LogP contribution < -0.4 is 0 Å². The predicted octanol–water partition coefficient (Wildman–Crippen LogP) is 2.65. The molecule has 0 amide bonds. The van der Waals surface area contributed by atoms with E-state index < -0.39 is 0 Å². The lowest BCUT2D eigenvalue weighted by atomic mass is 10.0. The van der Waals surface area contributed by atoms with E-state index in [-0.39, 0.29) is 0 Å². The van der Waals surface area contributed by atoms with E-state index in [0.29, 0.717) is 0 Å². The first-order chi connectivity index (χ1) is 6.79. The highest BCUT2D eigenvalue weighted by molar-refractivity contribution is 4.77. The Hall–Kier alpha value is -0.0800. The van der Waals surface area contributed by atoms with Crippen LogP contribution in [0.5, 0.6) is 0 Å². The summed E-state index contributed by atoms with van der Waals surface area (Å²) in [5.41, 5.74) is 0. The van der Waals surface area contributed by atoms with Gasteiger partial charge in [0.1, 0.15) is 0 Å². The van der Waals surface area contributed by atoms with E-state index in [1.54, 1.807) is 0 Å². The second kappa shape index (κ2) is 4.63. The minimum Gasteiger partial charge on any atom is -0.239 e. The van der Waals surface area contributed by atoms with Crippen LogP contribution in [0, 0.1) is 0 Å². The maximum absolute atomic E-state index is 2.65.